The van der Waals surface area contributed by atoms with Crippen LogP contribution in [0.4, 0.5) is 10.1 Å². The second kappa shape index (κ2) is 9.74. The Labute approximate surface area is 128 Å². The van der Waals surface area contributed by atoms with Gasteiger partial charge in [0.15, 0.2) is 0 Å². The molecule has 0 aromatic heterocycles. The van der Waals surface area contributed by atoms with Crippen LogP contribution in [-0.4, -0.2) is 32.8 Å². The van der Waals surface area contributed by atoms with E-state index in [1.807, 2.05) is 0 Å². The number of benzene rings is 1. The van der Waals surface area contributed by atoms with E-state index >= 15 is 0 Å². The van der Waals surface area contributed by atoms with E-state index in [0.29, 0.717) is 19.2 Å². The second-order valence-corrected chi connectivity index (χ2v) is 5.25. The fraction of sp³-hybridized carbons (Fsp3) is 0.647. The monoisotopic (exact) mass is 296 g/mol. The summed E-state index contributed by atoms with van der Waals surface area (Å²) in [5.41, 5.74) is 1.94. The van der Waals surface area contributed by atoms with Crippen LogP contribution in [0.15, 0.2) is 18.2 Å². The molecule has 0 aliphatic heterocycles. The van der Waals surface area contributed by atoms with E-state index in [1.54, 1.807) is 19.2 Å². The lowest BCUT2D eigenvalue weighted by Crippen LogP contribution is -2.37. The van der Waals surface area contributed by atoms with Gasteiger partial charge in [0.25, 0.3) is 0 Å². The number of halogens is 1. The molecule has 0 saturated carbocycles. The quantitative estimate of drug-likeness (QED) is 0.714. The summed E-state index contributed by atoms with van der Waals surface area (Å²) in [5.74, 6) is -0.172. The highest BCUT2D eigenvalue weighted by atomic mass is 19.1. The van der Waals surface area contributed by atoms with Gasteiger partial charge in [-0.3, -0.25) is 0 Å². The predicted octanol–water partition coefficient (Wildman–Crippen LogP) is 3.58. The van der Waals surface area contributed by atoms with Crippen LogP contribution in [0.2, 0.25) is 0 Å². The first-order valence-corrected chi connectivity index (χ1v) is 7.91. The fourth-order valence-corrected chi connectivity index (χ4v) is 2.61. The molecule has 0 aliphatic rings. The Morgan fingerprint density at radius 3 is 2.48 bits per heavy atom. The minimum Gasteiger partial charge on any atom is -0.383 e. The van der Waals surface area contributed by atoms with Crippen molar-refractivity contribution >= 4 is 5.69 Å². The maximum atomic E-state index is 13.9. The number of nitrogens with zero attached hydrogens (tertiary/aromatic N) is 1. The highest BCUT2D eigenvalue weighted by Gasteiger charge is 2.16. The number of methoxy groups -OCH3 is 1. The second-order valence-electron chi connectivity index (χ2n) is 5.25. The van der Waals surface area contributed by atoms with Gasteiger partial charge in [-0.2, -0.15) is 0 Å². The lowest BCUT2D eigenvalue weighted by Gasteiger charge is -2.33. The zero-order chi connectivity index (χ0) is 15.7. The lowest BCUT2D eigenvalue weighted by atomic mass is 10.1. The number of hydrogen-bond donors (Lipinski definition) is 1. The minimum absolute atomic E-state index is 0.172. The molecule has 0 atom stereocenters. The Bertz CT molecular complexity index is 408. The van der Waals surface area contributed by atoms with E-state index in [-0.39, 0.29) is 5.82 Å². The first kappa shape index (κ1) is 17.9. The van der Waals surface area contributed by atoms with Crippen LogP contribution >= 0.6 is 0 Å². The van der Waals surface area contributed by atoms with Crippen molar-refractivity contribution in [2.45, 2.75) is 46.2 Å². The first-order chi connectivity index (χ1) is 10.2. The Morgan fingerprint density at radius 2 is 1.90 bits per heavy atom. The lowest BCUT2D eigenvalue weighted by molar-refractivity contribution is 0.202. The van der Waals surface area contributed by atoms with Crippen molar-refractivity contribution in [3.05, 3.63) is 29.6 Å². The SMILES string of the molecule is CCNCc1cc(F)cc(N(CCOC)C(CC)CC)c1. The standard InChI is InChI=1S/C17H29FN2O/c1-5-16(6-2)20(8-9-21-4)17-11-14(13-19-7-3)10-15(18)12-17/h10-12,16,19H,5-9,13H2,1-4H3. The summed E-state index contributed by atoms with van der Waals surface area (Å²) < 4.78 is 19.1. The van der Waals surface area contributed by atoms with Gasteiger partial charge in [-0.15, -0.1) is 0 Å². The molecular weight excluding hydrogens is 267 g/mol. The van der Waals surface area contributed by atoms with Crippen molar-refractivity contribution in [2.24, 2.45) is 0 Å². The van der Waals surface area contributed by atoms with Crippen LogP contribution in [-0.2, 0) is 11.3 Å². The highest BCUT2D eigenvalue weighted by Crippen LogP contribution is 2.23. The summed E-state index contributed by atoms with van der Waals surface area (Å²) in [5, 5.41) is 3.25. The normalized spacial score (nSPS) is 11.1. The molecule has 0 aliphatic carbocycles. The van der Waals surface area contributed by atoms with Crippen molar-refractivity contribution in [2.75, 3.05) is 31.7 Å². The average Bonchev–Trinajstić information content (AvgIpc) is 2.48. The Hall–Kier alpha value is -1.13. The predicted molar refractivity (Wildman–Crippen MR) is 87.4 cm³/mol. The molecule has 1 aromatic carbocycles. The molecule has 0 heterocycles. The van der Waals surface area contributed by atoms with Crippen molar-refractivity contribution in [1.82, 2.24) is 5.32 Å². The van der Waals surface area contributed by atoms with Gasteiger partial charge in [-0.1, -0.05) is 20.8 Å². The summed E-state index contributed by atoms with van der Waals surface area (Å²) in [4.78, 5) is 2.27. The third kappa shape index (κ3) is 5.64. The maximum absolute atomic E-state index is 13.9. The molecule has 1 aromatic rings. The fourth-order valence-electron chi connectivity index (χ4n) is 2.61. The molecule has 21 heavy (non-hydrogen) atoms. The van der Waals surface area contributed by atoms with Gasteiger partial charge in [-0.05, 0) is 43.1 Å². The topological polar surface area (TPSA) is 24.5 Å². The third-order valence-corrected chi connectivity index (χ3v) is 3.77. The molecule has 1 rings (SSSR count). The van der Waals surface area contributed by atoms with Gasteiger partial charge in [0.1, 0.15) is 5.82 Å². The molecule has 1 N–H and O–H groups in total. The molecule has 4 heteroatoms. The van der Waals surface area contributed by atoms with E-state index in [9.17, 15) is 4.39 Å². The molecule has 0 fully saturated rings. The van der Waals surface area contributed by atoms with Gasteiger partial charge >= 0.3 is 0 Å². The zero-order valence-electron chi connectivity index (χ0n) is 13.8. The van der Waals surface area contributed by atoms with Gasteiger partial charge in [0.2, 0.25) is 0 Å². The van der Waals surface area contributed by atoms with Crippen LogP contribution in [0.3, 0.4) is 0 Å². The maximum Gasteiger partial charge on any atom is 0.125 e. The van der Waals surface area contributed by atoms with Crippen LogP contribution in [0, 0.1) is 5.82 Å². The zero-order valence-corrected chi connectivity index (χ0v) is 13.8. The van der Waals surface area contributed by atoms with Crippen molar-refractivity contribution < 1.29 is 9.13 Å². The number of hydrogen-bond acceptors (Lipinski definition) is 3. The molecule has 0 spiro atoms. The molecule has 3 nitrogen and oxygen atoms in total. The van der Waals surface area contributed by atoms with E-state index in [2.05, 4.69) is 37.1 Å². The van der Waals surface area contributed by atoms with Crippen LogP contribution in [0.5, 0.6) is 0 Å². The Kier molecular flexibility index (Phi) is 8.31. The van der Waals surface area contributed by atoms with E-state index < -0.39 is 0 Å². The Morgan fingerprint density at radius 1 is 1.19 bits per heavy atom. The minimum atomic E-state index is -0.172. The Balaban J connectivity index is 3.01. The first-order valence-electron chi connectivity index (χ1n) is 7.91. The van der Waals surface area contributed by atoms with Crippen LogP contribution in [0.1, 0.15) is 39.2 Å². The highest BCUT2D eigenvalue weighted by molar-refractivity contribution is 5.50. The molecule has 0 amide bonds. The summed E-state index contributed by atoms with van der Waals surface area (Å²) >= 11 is 0. The van der Waals surface area contributed by atoms with Crippen molar-refractivity contribution in [1.29, 1.82) is 0 Å². The molecule has 0 bridgehead atoms. The largest absolute Gasteiger partial charge is 0.383 e. The number of anilines is 1. The smallest absolute Gasteiger partial charge is 0.125 e. The molecular formula is C17H29FN2O. The van der Waals surface area contributed by atoms with Gasteiger partial charge < -0.3 is 15.0 Å². The van der Waals surface area contributed by atoms with Crippen LogP contribution < -0.4 is 10.2 Å². The third-order valence-electron chi connectivity index (χ3n) is 3.77. The number of nitrogens with one attached hydrogen (secondary N) is 1. The van der Waals surface area contributed by atoms with Crippen molar-refractivity contribution in [3.8, 4) is 0 Å². The average molecular weight is 296 g/mol. The summed E-state index contributed by atoms with van der Waals surface area (Å²) in [7, 11) is 1.70. The van der Waals surface area contributed by atoms with Gasteiger partial charge in [0, 0.05) is 31.9 Å². The molecule has 120 valence electrons. The molecule has 0 unspecified atom stereocenters. The summed E-state index contributed by atoms with van der Waals surface area (Å²) in [6.45, 7) is 9.41. The number of rotatable bonds is 10. The summed E-state index contributed by atoms with van der Waals surface area (Å²) in [6, 6.07) is 5.73. The molecule has 0 saturated heterocycles. The molecule has 0 radical (unpaired) electrons. The van der Waals surface area contributed by atoms with E-state index in [1.165, 1.54) is 0 Å². The van der Waals surface area contributed by atoms with Gasteiger partial charge in [-0.25, -0.2) is 4.39 Å². The van der Waals surface area contributed by atoms with Gasteiger partial charge in [0.05, 0.1) is 6.61 Å². The van der Waals surface area contributed by atoms with E-state index in [4.69, 9.17) is 4.74 Å². The van der Waals surface area contributed by atoms with E-state index in [0.717, 1.165) is 37.2 Å². The van der Waals surface area contributed by atoms with Crippen molar-refractivity contribution in [3.63, 3.8) is 0 Å². The van der Waals surface area contributed by atoms with Crippen LogP contribution in [0.25, 0.3) is 0 Å². The number of ether oxygens (including phenoxy) is 1. The summed E-state index contributed by atoms with van der Waals surface area (Å²) in [6.07, 6.45) is 2.08.